The molecule has 0 unspecified atom stereocenters. The average molecular weight is 281 g/mol. The molecule has 0 fully saturated rings. The first-order chi connectivity index (χ1) is 9.20. The third-order valence-electron chi connectivity index (χ3n) is 2.39. The fourth-order valence-electron chi connectivity index (χ4n) is 1.47. The van der Waals surface area contributed by atoms with E-state index >= 15 is 0 Å². The first kappa shape index (κ1) is 13.8. The second-order valence-electron chi connectivity index (χ2n) is 3.81. The molecular weight excluding hydrogens is 266 g/mol. The molecule has 102 valence electrons. The van der Waals surface area contributed by atoms with Gasteiger partial charge in [-0.15, -0.1) is 11.3 Å². The lowest BCUT2D eigenvalue weighted by Crippen LogP contribution is -2.23. The Hall–Kier alpha value is -1.66. The van der Waals surface area contributed by atoms with E-state index in [-0.39, 0.29) is 6.61 Å². The van der Waals surface area contributed by atoms with Crippen LogP contribution in [0.2, 0.25) is 0 Å². The summed E-state index contributed by atoms with van der Waals surface area (Å²) in [7, 11) is 0. The highest BCUT2D eigenvalue weighted by Crippen LogP contribution is 2.24. The van der Waals surface area contributed by atoms with Crippen LogP contribution < -0.4 is 0 Å². The molecule has 0 radical (unpaired) electrons. The fraction of sp³-hybridized carbons (Fsp3) is 0.385. The zero-order chi connectivity index (χ0) is 13.7. The van der Waals surface area contributed by atoms with E-state index < -0.39 is 12.1 Å². The van der Waals surface area contributed by atoms with Crippen molar-refractivity contribution in [2.24, 2.45) is 0 Å². The molecule has 0 saturated carbocycles. The van der Waals surface area contributed by atoms with E-state index in [0.29, 0.717) is 18.3 Å². The lowest BCUT2D eigenvalue weighted by Gasteiger charge is -2.09. The van der Waals surface area contributed by atoms with E-state index in [2.05, 4.69) is 4.98 Å². The number of carbonyl (C=O) groups is 1. The topological polar surface area (TPSA) is 61.6 Å². The normalized spacial score (nSPS) is 12.3. The van der Waals surface area contributed by atoms with Gasteiger partial charge in [-0.2, -0.15) is 0 Å². The Balaban J connectivity index is 1.89. The molecule has 2 heterocycles. The maximum atomic E-state index is 11.5. The van der Waals surface area contributed by atoms with Crippen molar-refractivity contribution in [1.29, 1.82) is 0 Å². The predicted octanol–water partition coefficient (Wildman–Crippen LogP) is 2.87. The molecular formula is C13H15NO4S. The summed E-state index contributed by atoms with van der Waals surface area (Å²) in [5.41, 5.74) is 0. The fourth-order valence-corrected chi connectivity index (χ4v) is 2.12. The zero-order valence-electron chi connectivity index (χ0n) is 10.8. The van der Waals surface area contributed by atoms with E-state index in [1.54, 1.807) is 24.5 Å². The highest BCUT2D eigenvalue weighted by molar-refractivity contribution is 7.13. The maximum absolute atomic E-state index is 11.5. The van der Waals surface area contributed by atoms with Crippen LogP contribution in [0.1, 0.15) is 19.6 Å². The second-order valence-corrected chi connectivity index (χ2v) is 4.76. The monoisotopic (exact) mass is 281 g/mol. The van der Waals surface area contributed by atoms with Gasteiger partial charge in [-0.1, -0.05) is 6.07 Å². The number of nitrogens with zero attached hydrogens (tertiary/aromatic N) is 1. The summed E-state index contributed by atoms with van der Waals surface area (Å²) in [4.78, 5) is 16.6. The van der Waals surface area contributed by atoms with Crippen LogP contribution in [0.3, 0.4) is 0 Å². The quantitative estimate of drug-likeness (QED) is 0.762. The molecule has 5 nitrogen and oxygen atoms in total. The van der Waals surface area contributed by atoms with Crippen molar-refractivity contribution in [3.63, 3.8) is 0 Å². The number of ether oxygens (including phenoxy) is 2. The van der Waals surface area contributed by atoms with E-state index in [4.69, 9.17) is 13.9 Å². The van der Waals surface area contributed by atoms with Crippen molar-refractivity contribution in [2.45, 2.75) is 26.6 Å². The molecule has 2 aromatic heterocycles. The van der Waals surface area contributed by atoms with Gasteiger partial charge in [0.25, 0.3) is 0 Å². The number of oxazole rings is 1. The molecule has 1 atom stereocenters. The van der Waals surface area contributed by atoms with Crippen LogP contribution in [-0.4, -0.2) is 23.7 Å². The summed E-state index contributed by atoms with van der Waals surface area (Å²) in [6.07, 6.45) is 0.998. The van der Waals surface area contributed by atoms with Gasteiger partial charge in [0, 0.05) is 6.61 Å². The van der Waals surface area contributed by atoms with Crippen molar-refractivity contribution in [1.82, 2.24) is 4.98 Å². The van der Waals surface area contributed by atoms with Crippen LogP contribution in [0.4, 0.5) is 0 Å². The van der Waals surface area contributed by atoms with Gasteiger partial charge >= 0.3 is 5.97 Å². The molecule has 0 amide bonds. The molecule has 0 saturated heterocycles. The molecule has 2 aromatic rings. The Morgan fingerprint density at radius 2 is 2.42 bits per heavy atom. The van der Waals surface area contributed by atoms with Gasteiger partial charge in [-0.25, -0.2) is 9.78 Å². The highest BCUT2D eigenvalue weighted by Gasteiger charge is 2.15. The Bertz CT molecular complexity index is 520. The molecule has 0 aromatic carbocycles. The summed E-state index contributed by atoms with van der Waals surface area (Å²) < 4.78 is 15.7. The van der Waals surface area contributed by atoms with Crippen LogP contribution in [0.15, 0.2) is 28.1 Å². The maximum Gasteiger partial charge on any atom is 0.335 e. The van der Waals surface area contributed by atoms with Crippen molar-refractivity contribution in [3.8, 4) is 10.8 Å². The molecule has 0 bridgehead atoms. The third kappa shape index (κ3) is 3.65. The third-order valence-corrected chi connectivity index (χ3v) is 3.25. The number of hydrogen-bond acceptors (Lipinski definition) is 6. The Morgan fingerprint density at radius 1 is 1.58 bits per heavy atom. The molecule has 19 heavy (non-hydrogen) atoms. The Labute approximate surface area is 115 Å². The first-order valence-corrected chi connectivity index (χ1v) is 6.85. The lowest BCUT2D eigenvalue weighted by atomic mass is 10.4. The van der Waals surface area contributed by atoms with Gasteiger partial charge in [0.15, 0.2) is 18.5 Å². The van der Waals surface area contributed by atoms with E-state index in [1.165, 1.54) is 0 Å². The van der Waals surface area contributed by atoms with E-state index in [1.807, 2.05) is 24.4 Å². The minimum Gasteiger partial charge on any atom is -0.456 e. The van der Waals surface area contributed by atoms with Crippen molar-refractivity contribution >= 4 is 17.3 Å². The second kappa shape index (κ2) is 6.49. The summed E-state index contributed by atoms with van der Waals surface area (Å²) in [5, 5.41) is 1.95. The van der Waals surface area contributed by atoms with Gasteiger partial charge in [-0.05, 0) is 25.3 Å². The summed E-state index contributed by atoms with van der Waals surface area (Å²) >= 11 is 1.54. The number of hydrogen-bond donors (Lipinski definition) is 0. The number of esters is 1. The molecule has 2 rings (SSSR count). The van der Waals surface area contributed by atoms with Crippen LogP contribution in [-0.2, 0) is 20.9 Å². The molecule has 0 aliphatic heterocycles. The molecule has 6 heteroatoms. The van der Waals surface area contributed by atoms with Crippen LogP contribution >= 0.6 is 11.3 Å². The van der Waals surface area contributed by atoms with Gasteiger partial charge in [0.1, 0.15) is 0 Å². The summed E-state index contributed by atoms with van der Waals surface area (Å²) in [5.74, 6) is 0.648. The number of rotatable bonds is 6. The van der Waals surface area contributed by atoms with Crippen molar-refractivity contribution < 1.29 is 18.7 Å². The number of carbonyl (C=O) groups excluding carboxylic acids is 1. The van der Waals surface area contributed by atoms with Gasteiger partial charge in [0.2, 0.25) is 5.89 Å². The zero-order valence-corrected chi connectivity index (χ0v) is 11.6. The molecule has 0 aliphatic carbocycles. The predicted molar refractivity (Wildman–Crippen MR) is 70.7 cm³/mol. The first-order valence-electron chi connectivity index (χ1n) is 5.97. The Kier molecular flexibility index (Phi) is 4.70. The minimum atomic E-state index is -0.565. The van der Waals surface area contributed by atoms with Gasteiger partial charge < -0.3 is 13.9 Å². The van der Waals surface area contributed by atoms with E-state index in [9.17, 15) is 4.79 Å². The van der Waals surface area contributed by atoms with Gasteiger partial charge in [0.05, 0.1) is 11.1 Å². The largest absolute Gasteiger partial charge is 0.456 e. The minimum absolute atomic E-state index is 0.0641. The average Bonchev–Trinajstić information content (AvgIpc) is 3.06. The number of thiophene rings is 1. The SMILES string of the molecule is CCO[C@@H](C)C(=O)OCc1cnc(-c2cccs2)o1. The van der Waals surface area contributed by atoms with Gasteiger partial charge in [-0.3, -0.25) is 0 Å². The molecule has 0 N–H and O–H groups in total. The molecule has 0 spiro atoms. The summed E-state index contributed by atoms with van der Waals surface area (Å²) in [6.45, 7) is 4.02. The standard InChI is InChI=1S/C13H15NO4S/c1-3-16-9(2)13(15)17-8-10-7-14-12(18-10)11-5-4-6-19-11/h4-7,9H,3,8H2,1-2H3/t9-/m0/s1. The van der Waals surface area contributed by atoms with Crippen LogP contribution in [0.25, 0.3) is 10.8 Å². The van der Waals surface area contributed by atoms with E-state index in [0.717, 1.165) is 4.88 Å². The molecule has 0 aliphatic rings. The lowest BCUT2D eigenvalue weighted by molar-refractivity contribution is -0.157. The summed E-state index contributed by atoms with van der Waals surface area (Å²) in [6, 6.07) is 3.84. The van der Waals surface area contributed by atoms with Crippen LogP contribution in [0, 0.1) is 0 Å². The Morgan fingerprint density at radius 3 is 3.11 bits per heavy atom. The van der Waals surface area contributed by atoms with Crippen molar-refractivity contribution in [3.05, 3.63) is 29.5 Å². The smallest absolute Gasteiger partial charge is 0.335 e. The van der Waals surface area contributed by atoms with Crippen molar-refractivity contribution in [2.75, 3.05) is 6.61 Å². The highest BCUT2D eigenvalue weighted by atomic mass is 32.1. The van der Waals surface area contributed by atoms with Crippen LogP contribution in [0.5, 0.6) is 0 Å². The number of aromatic nitrogens is 1.